The zero-order chi connectivity index (χ0) is 13.7. The van der Waals surface area contributed by atoms with Gasteiger partial charge in [-0.3, -0.25) is 14.9 Å². The van der Waals surface area contributed by atoms with E-state index < -0.39 is 4.92 Å². The number of nitro groups is 1. The summed E-state index contributed by atoms with van der Waals surface area (Å²) >= 11 is 8.95. The molecule has 0 radical (unpaired) electrons. The Morgan fingerprint density at radius 1 is 1.56 bits per heavy atom. The van der Waals surface area contributed by atoms with E-state index in [4.69, 9.17) is 11.6 Å². The number of carbonyl (C=O) groups excluding carboxylic acids is 1. The number of halogens is 2. The maximum Gasteiger partial charge on any atom is 0.283 e. The van der Waals surface area contributed by atoms with Crippen LogP contribution in [-0.2, 0) is 0 Å². The first-order valence-electron chi connectivity index (χ1n) is 5.30. The molecule has 0 aliphatic rings. The van der Waals surface area contributed by atoms with E-state index in [9.17, 15) is 14.9 Å². The Hall–Kier alpha value is -1.14. The highest BCUT2D eigenvalue weighted by atomic mass is 79.9. The van der Waals surface area contributed by atoms with Crippen molar-refractivity contribution < 1.29 is 9.72 Å². The van der Waals surface area contributed by atoms with Crippen molar-refractivity contribution in [3.8, 4) is 0 Å². The molecule has 1 amide bonds. The molecule has 0 spiro atoms. The van der Waals surface area contributed by atoms with Crippen molar-refractivity contribution in [3.63, 3.8) is 0 Å². The lowest BCUT2D eigenvalue weighted by Gasteiger charge is -2.19. The Balaban J connectivity index is 3.15. The molecule has 1 aromatic rings. The fourth-order valence-electron chi connectivity index (χ4n) is 1.51. The number of amides is 1. The van der Waals surface area contributed by atoms with Crippen molar-refractivity contribution in [2.24, 2.45) is 0 Å². The number of nitrogens with zero attached hydrogens (tertiary/aromatic N) is 2. The van der Waals surface area contributed by atoms with E-state index in [-0.39, 0.29) is 22.2 Å². The minimum atomic E-state index is -0.596. The molecular weight excluding hydrogens is 323 g/mol. The van der Waals surface area contributed by atoms with Gasteiger partial charge in [0.25, 0.3) is 11.6 Å². The molecular formula is C11H12BrClN2O3. The van der Waals surface area contributed by atoms with E-state index in [1.807, 2.05) is 6.92 Å². The molecule has 18 heavy (non-hydrogen) atoms. The van der Waals surface area contributed by atoms with Gasteiger partial charge in [-0.1, -0.05) is 27.5 Å². The number of alkyl halides is 1. The molecule has 0 bridgehead atoms. The second-order valence-electron chi connectivity index (χ2n) is 3.49. The average molecular weight is 336 g/mol. The Kier molecular flexibility index (Phi) is 5.55. The van der Waals surface area contributed by atoms with Gasteiger partial charge in [0, 0.05) is 29.5 Å². The maximum atomic E-state index is 12.2. The van der Waals surface area contributed by atoms with Crippen molar-refractivity contribution in [3.05, 3.63) is 38.9 Å². The number of benzene rings is 1. The van der Waals surface area contributed by atoms with Crippen molar-refractivity contribution >= 4 is 39.1 Å². The summed E-state index contributed by atoms with van der Waals surface area (Å²) in [6.45, 7) is 2.81. The highest BCUT2D eigenvalue weighted by molar-refractivity contribution is 9.09. The van der Waals surface area contributed by atoms with Crippen molar-refractivity contribution in [2.45, 2.75) is 6.92 Å². The van der Waals surface area contributed by atoms with Gasteiger partial charge >= 0.3 is 0 Å². The molecule has 0 atom stereocenters. The quantitative estimate of drug-likeness (QED) is 0.472. The number of rotatable bonds is 5. The van der Waals surface area contributed by atoms with E-state index in [0.717, 1.165) is 0 Å². The van der Waals surface area contributed by atoms with E-state index in [0.29, 0.717) is 18.4 Å². The van der Waals surface area contributed by atoms with Crippen LogP contribution >= 0.6 is 27.5 Å². The standard InChI is InChI=1S/C11H12BrClN2O3/c1-2-14(6-5-12)11(16)9-4-3-8(13)7-10(9)15(17)18/h3-4,7H,2,5-6H2,1H3. The monoisotopic (exact) mass is 334 g/mol. The highest BCUT2D eigenvalue weighted by Crippen LogP contribution is 2.24. The van der Waals surface area contributed by atoms with E-state index in [1.165, 1.54) is 23.1 Å². The van der Waals surface area contributed by atoms with Crippen LogP contribution in [0.1, 0.15) is 17.3 Å². The van der Waals surface area contributed by atoms with Gasteiger partial charge in [0.15, 0.2) is 0 Å². The molecule has 5 nitrogen and oxygen atoms in total. The summed E-state index contributed by atoms with van der Waals surface area (Å²) in [4.78, 5) is 24.0. The van der Waals surface area contributed by atoms with Crippen LogP contribution in [0.25, 0.3) is 0 Å². The first-order chi connectivity index (χ1) is 8.51. The number of hydrogen-bond acceptors (Lipinski definition) is 3. The van der Waals surface area contributed by atoms with Crippen LogP contribution in [0, 0.1) is 10.1 Å². The van der Waals surface area contributed by atoms with Crippen molar-refractivity contribution in [1.29, 1.82) is 0 Å². The first-order valence-corrected chi connectivity index (χ1v) is 6.80. The average Bonchev–Trinajstić information content (AvgIpc) is 2.35. The molecule has 0 aliphatic carbocycles. The SMILES string of the molecule is CCN(CCBr)C(=O)c1ccc(Cl)cc1[N+](=O)[O-]. The maximum absolute atomic E-state index is 12.2. The summed E-state index contributed by atoms with van der Waals surface area (Å²) < 4.78 is 0. The van der Waals surface area contributed by atoms with E-state index in [1.54, 1.807) is 0 Å². The van der Waals surface area contributed by atoms with Gasteiger partial charge in [-0.15, -0.1) is 0 Å². The van der Waals surface area contributed by atoms with Crippen LogP contribution in [0.15, 0.2) is 18.2 Å². The van der Waals surface area contributed by atoms with Gasteiger partial charge in [0.1, 0.15) is 5.56 Å². The predicted molar refractivity (Wildman–Crippen MR) is 73.5 cm³/mol. The van der Waals surface area contributed by atoms with Crippen LogP contribution in [0.3, 0.4) is 0 Å². The first kappa shape index (κ1) is 14.9. The summed E-state index contributed by atoms with van der Waals surface area (Å²) in [6.07, 6.45) is 0. The minimum absolute atomic E-state index is 0.0622. The molecule has 1 rings (SSSR count). The summed E-state index contributed by atoms with van der Waals surface area (Å²) in [5, 5.41) is 11.8. The van der Waals surface area contributed by atoms with Gasteiger partial charge in [0.2, 0.25) is 0 Å². The smallest absolute Gasteiger partial charge is 0.283 e. The Labute approximate surface area is 118 Å². The fraction of sp³-hybridized carbons (Fsp3) is 0.364. The second-order valence-corrected chi connectivity index (χ2v) is 4.72. The molecule has 1 aromatic carbocycles. The Morgan fingerprint density at radius 3 is 2.72 bits per heavy atom. The molecule has 98 valence electrons. The third-order valence-electron chi connectivity index (χ3n) is 2.41. The van der Waals surface area contributed by atoms with Crippen molar-refractivity contribution in [1.82, 2.24) is 4.90 Å². The normalized spacial score (nSPS) is 10.2. The van der Waals surface area contributed by atoms with Crippen LogP contribution in [0.5, 0.6) is 0 Å². The lowest BCUT2D eigenvalue weighted by molar-refractivity contribution is -0.385. The lowest BCUT2D eigenvalue weighted by Crippen LogP contribution is -2.32. The van der Waals surface area contributed by atoms with Crippen molar-refractivity contribution in [2.75, 3.05) is 18.4 Å². The molecule has 7 heteroatoms. The predicted octanol–water partition coefficient (Wildman–Crippen LogP) is 3.11. The zero-order valence-electron chi connectivity index (χ0n) is 9.73. The Bertz CT molecular complexity index is 468. The number of nitro benzene ring substituents is 1. The van der Waals surface area contributed by atoms with E-state index in [2.05, 4.69) is 15.9 Å². The second kappa shape index (κ2) is 6.70. The van der Waals surface area contributed by atoms with Gasteiger partial charge in [-0.2, -0.15) is 0 Å². The number of hydrogen-bond donors (Lipinski definition) is 0. The summed E-state index contributed by atoms with van der Waals surface area (Å²) in [7, 11) is 0. The topological polar surface area (TPSA) is 63.5 Å². The highest BCUT2D eigenvalue weighted by Gasteiger charge is 2.23. The van der Waals surface area contributed by atoms with E-state index >= 15 is 0 Å². The molecule has 0 N–H and O–H groups in total. The van der Waals surface area contributed by atoms with Gasteiger partial charge in [-0.25, -0.2) is 0 Å². The molecule has 0 aliphatic heterocycles. The largest absolute Gasteiger partial charge is 0.338 e. The summed E-state index contributed by atoms with van der Waals surface area (Å²) in [5.74, 6) is -0.361. The van der Waals surface area contributed by atoms with Crippen LogP contribution < -0.4 is 0 Å². The fourth-order valence-corrected chi connectivity index (χ4v) is 2.11. The molecule has 0 fully saturated rings. The third-order valence-corrected chi connectivity index (χ3v) is 3.00. The molecule has 0 heterocycles. The number of carbonyl (C=O) groups is 1. The van der Waals surface area contributed by atoms with Gasteiger partial charge < -0.3 is 4.90 Å². The molecule has 0 aromatic heterocycles. The van der Waals surface area contributed by atoms with Crippen LogP contribution in [0.4, 0.5) is 5.69 Å². The van der Waals surface area contributed by atoms with Crippen LogP contribution in [-0.4, -0.2) is 34.2 Å². The molecule has 0 saturated carbocycles. The molecule has 0 unspecified atom stereocenters. The van der Waals surface area contributed by atoms with Gasteiger partial charge in [0.05, 0.1) is 4.92 Å². The third kappa shape index (κ3) is 3.43. The zero-order valence-corrected chi connectivity index (χ0v) is 12.1. The minimum Gasteiger partial charge on any atom is -0.338 e. The van der Waals surface area contributed by atoms with Gasteiger partial charge in [-0.05, 0) is 19.1 Å². The summed E-state index contributed by atoms with van der Waals surface area (Å²) in [6, 6.07) is 4.06. The van der Waals surface area contributed by atoms with Crippen LogP contribution in [0.2, 0.25) is 5.02 Å². The Morgan fingerprint density at radius 2 is 2.22 bits per heavy atom. The lowest BCUT2D eigenvalue weighted by atomic mass is 10.1. The summed E-state index contributed by atoms with van der Waals surface area (Å²) in [5.41, 5.74) is -0.201. The molecule has 0 saturated heterocycles.